The topological polar surface area (TPSA) is 0 Å². The predicted molar refractivity (Wildman–Crippen MR) is 191 cm³/mol. The summed E-state index contributed by atoms with van der Waals surface area (Å²) in [5.74, 6) is 0. The van der Waals surface area contributed by atoms with Crippen LogP contribution in [0.15, 0.2) is 152 Å². The third kappa shape index (κ3) is 4.21. The van der Waals surface area contributed by atoms with E-state index in [0.717, 1.165) is 0 Å². The normalized spacial score (nSPS) is 12.0. The molecule has 8 aromatic carbocycles. The van der Waals surface area contributed by atoms with Gasteiger partial charge in [0.1, 0.15) is 0 Å². The van der Waals surface area contributed by atoms with Crippen molar-refractivity contribution in [3.05, 3.63) is 157 Å². The van der Waals surface area contributed by atoms with Crippen molar-refractivity contribution in [2.75, 3.05) is 0 Å². The van der Waals surface area contributed by atoms with Gasteiger partial charge >= 0.3 is 0 Å². The Labute approximate surface area is 259 Å². The van der Waals surface area contributed by atoms with Crippen molar-refractivity contribution in [3.8, 4) is 33.4 Å². The van der Waals surface area contributed by atoms with Crippen molar-refractivity contribution in [2.45, 2.75) is 26.2 Å². The lowest BCUT2D eigenvalue weighted by Gasteiger charge is -2.21. The Morgan fingerprint density at radius 2 is 0.795 bits per heavy atom. The zero-order chi connectivity index (χ0) is 29.8. The van der Waals surface area contributed by atoms with Crippen LogP contribution in [0.5, 0.6) is 0 Å². The summed E-state index contributed by atoms with van der Waals surface area (Å²) in [6, 6.07) is 56.1. The Kier molecular flexibility index (Phi) is 6.13. The SMILES string of the molecule is CC(C)(C)c1ccc(-c2c3ccccc3c(-c3cccc4c3cc(-c3ccccc3)c3ccccc34)c3ccccc23)cc1. The molecule has 0 fully saturated rings. The molecule has 44 heavy (non-hydrogen) atoms. The van der Waals surface area contributed by atoms with Crippen LogP contribution in [-0.2, 0) is 5.41 Å². The molecule has 0 aliphatic heterocycles. The Morgan fingerprint density at radius 1 is 0.318 bits per heavy atom. The van der Waals surface area contributed by atoms with Crippen molar-refractivity contribution in [2.24, 2.45) is 0 Å². The van der Waals surface area contributed by atoms with Gasteiger partial charge in [-0.15, -0.1) is 0 Å². The van der Waals surface area contributed by atoms with Crippen LogP contribution < -0.4 is 0 Å². The van der Waals surface area contributed by atoms with Crippen molar-refractivity contribution in [3.63, 3.8) is 0 Å². The van der Waals surface area contributed by atoms with Gasteiger partial charge in [0.05, 0.1) is 0 Å². The van der Waals surface area contributed by atoms with E-state index in [1.54, 1.807) is 0 Å². The molecule has 0 heterocycles. The Bertz CT molecular complexity index is 2280. The van der Waals surface area contributed by atoms with E-state index in [9.17, 15) is 0 Å². The fourth-order valence-corrected chi connectivity index (χ4v) is 7.07. The van der Waals surface area contributed by atoms with Crippen LogP contribution in [0.1, 0.15) is 26.3 Å². The van der Waals surface area contributed by atoms with Gasteiger partial charge < -0.3 is 0 Å². The van der Waals surface area contributed by atoms with E-state index < -0.39 is 0 Å². The molecule has 0 heteroatoms. The molecule has 0 amide bonds. The summed E-state index contributed by atoms with van der Waals surface area (Å²) in [5, 5.41) is 10.3. The molecule has 0 aliphatic rings. The highest BCUT2D eigenvalue weighted by molar-refractivity contribution is 6.25. The quantitative estimate of drug-likeness (QED) is 0.148. The number of benzene rings is 8. The first-order valence-electron chi connectivity index (χ1n) is 15.5. The standard InChI is InChI=1S/C44H34/c1-44(2,3)31-26-24-30(25-27-31)42-35-18-9-11-20-37(35)43(38-21-12-10-19-36(38)42)39-23-13-22-34-32-16-7-8-17-33(32)40(28-41(34)39)29-14-5-4-6-15-29/h4-28H,1-3H3. The molecule has 0 aliphatic carbocycles. The van der Waals surface area contributed by atoms with Gasteiger partial charge in [0.25, 0.3) is 0 Å². The van der Waals surface area contributed by atoms with E-state index in [1.807, 2.05) is 0 Å². The molecule has 0 N–H and O–H groups in total. The third-order valence-corrected chi connectivity index (χ3v) is 9.23. The van der Waals surface area contributed by atoms with E-state index in [-0.39, 0.29) is 5.41 Å². The van der Waals surface area contributed by atoms with Gasteiger partial charge in [-0.2, -0.15) is 0 Å². The number of fused-ring (bicyclic) bond motifs is 5. The zero-order valence-electron chi connectivity index (χ0n) is 25.4. The van der Waals surface area contributed by atoms with Crippen LogP contribution in [-0.4, -0.2) is 0 Å². The fraction of sp³-hybridized carbons (Fsp3) is 0.0909. The number of hydrogen-bond donors (Lipinski definition) is 0. The smallest absolute Gasteiger partial charge is 0.00201 e. The average Bonchev–Trinajstić information content (AvgIpc) is 3.06. The van der Waals surface area contributed by atoms with Gasteiger partial charge in [-0.25, -0.2) is 0 Å². The summed E-state index contributed by atoms with van der Waals surface area (Å²) in [4.78, 5) is 0. The second-order valence-electron chi connectivity index (χ2n) is 12.9. The summed E-state index contributed by atoms with van der Waals surface area (Å²) in [7, 11) is 0. The first-order chi connectivity index (χ1) is 21.5. The predicted octanol–water partition coefficient (Wildman–Crippen LogP) is 12.6. The Morgan fingerprint density at radius 3 is 1.39 bits per heavy atom. The lowest BCUT2D eigenvalue weighted by molar-refractivity contribution is 0.590. The van der Waals surface area contributed by atoms with Gasteiger partial charge in [0.2, 0.25) is 0 Å². The average molecular weight is 563 g/mol. The summed E-state index contributed by atoms with van der Waals surface area (Å²) in [6.45, 7) is 6.83. The van der Waals surface area contributed by atoms with Crippen molar-refractivity contribution in [1.82, 2.24) is 0 Å². The molecule has 0 nitrogen and oxygen atoms in total. The molecule has 0 aromatic heterocycles. The number of rotatable bonds is 3. The second-order valence-corrected chi connectivity index (χ2v) is 12.9. The maximum absolute atomic E-state index is 2.42. The molecule has 0 radical (unpaired) electrons. The highest BCUT2D eigenvalue weighted by atomic mass is 14.2. The minimum absolute atomic E-state index is 0.115. The van der Waals surface area contributed by atoms with Gasteiger partial charge in [-0.1, -0.05) is 166 Å². The Balaban J connectivity index is 1.49. The van der Waals surface area contributed by atoms with Gasteiger partial charge in [0.15, 0.2) is 0 Å². The monoisotopic (exact) mass is 562 g/mol. The Hall–Kier alpha value is -5.20. The zero-order valence-corrected chi connectivity index (χ0v) is 25.4. The fourth-order valence-electron chi connectivity index (χ4n) is 7.07. The highest BCUT2D eigenvalue weighted by Gasteiger charge is 2.20. The molecule has 0 saturated carbocycles. The largest absolute Gasteiger partial charge is 0.0622 e. The van der Waals surface area contributed by atoms with Gasteiger partial charge in [0, 0.05) is 0 Å². The van der Waals surface area contributed by atoms with Crippen molar-refractivity contribution in [1.29, 1.82) is 0 Å². The van der Waals surface area contributed by atoms with E-state index in [1.165, 1.54) is 82.0 Å². The molecular weight excluding hydrogens is 528 g/mol. The summed E-state index contributed by atoms with van der Waals surface area (Å²) < 4.78 is 0. The first-order valence-corrected chi connectivity index (χ1v) is 15.5. The highest BCUT2D eigenvalue weighted by Crippen LogP contribution is 2.47. The lowest BCUT2D eigenvalue weighted by atomic mass is 9.82. The van der Waals surface area contributed by atoms with E-state index >= 15 is 0 Å². The molecule has 0 unspecified atom stereocenters. The molecule has 0 saturated heterocycles. The van der Waals surface area contributed by atoms with E-state index in [0.29, 0.717) is 0 Å². The molecule has 8 rings (SSSR count). The molecule has 0 spiro atoms. The lowest BCUT2D eigenvalue weighted by Crippen LogP contribution is -2.10. The minimum atomic E-state index is 0.115. The molecule has 8 aromatic rings. The van der Waals surface area contributed by atoms with Crippen LogP contribution in [0, 0.1) is 0 Å². The summed E-state index contributed by atoms with van der Waals surface area (Å²) in [5.41, 5.74) is 9.10. The van der Waals surface area contributed by atoms with Gasteiger partial charge in [-0.3, -0.25) is 0 Å². The molecular formula is C44H34. The number of hydrogen-bond acceptors (Lipinski definition) is 0. The van der Waals surface area contributed by atoms with Crippen LogP contribution in [0.25, 0.3) is 76.5 Å². The van der Waals surface area contributed by atoms with Crippen molar-refractivity contribution < 1.29 is 0 Å². The van der Waals surface area contributed by atoms with E-state index in [4.69, 9.17) is 0 Å². The minimum Gasteiger partial charge on any atom is -0.0622 e. The summed E-state index contributed by atoms with van der Waals surface area (Å²) in [6.07, 6.45) is 0. The van der Waals surface area contributed by atoms with Crippen LogP contribution in [0.2, 0.25) is 0 Å². The van der Waals surface area contributed by atoms with Crippen molar-refractivity contribution >= 4 is 43.1 Å². The first kappa shape index (κ1) is 26.4. The maximum atomic E-state index is 2.42. The third-order valence-electron chi connectivity index (χ3n) is 9.23. The second kappa shape index (κ2) is 10.2. The molecule has 0 atom stereocenters. The molecule has 0 bridgehead atoms. The van der Waals surface area contributed by atoms with E-state index in [2.05, 4.69) is 172 Å². The van der Waals surface area contributed by atoms with Crippen LogP contribution in [0.3, 0.4) is 0 Å². The van der Waals surface area contributed by atoms with Gasteiger partial charge in [-0.05, 0) is 93.5 Å². The maximum Gasteiger partial charge on any atom is -0.00201 e. The van der Waals surface area contributed by atoms with Crippen LogP contribution >= 0.6 is 0 Å². The molecule has 210 valence electrons. The summed E-state index contributed by atoms with van der Waals surface area (Å²) >= 11 is 0. The van der Waals surface area contributed by atoms with Crippen LogP contribution in [0.4, 0.5) is 0 Å².